The molecule has 0 bridgehead atoms. The number of nitrogens with two attached hydrogens (primary N) is 1. The molecule has 0 radical (unpaired) electrons. The minimum Gasteiger partial charge on any atom is -0.397 e. The zero-order chi connectivity index (χ0) is 24.1. The largest absolute Gasteiger partial charge is 0.397 e. The number of hydrogen-bond donors (Lipinski definition) is 3. The molecule has 1 saturated heterocycles. The molecule has 0 unspecified atom stereocenters. The van der Waals surface area contributed by atoms with E-state index in [-0.39, 0.29) is 23.7 Å². The molecule has 6 nitrogen and oxygen atoms in total. The molecule has 0 saturated carbocycles. The summed E-state index contributed by atoms with van der Waals surface area (Å²) < 4.78 is 0. The van der Waals surface area contributed by atoms with Crippen molar-refractivity contribution < 1.29 is 9.59 Å². The number of carbonyl (C=O) groups is 2. The fourth-order valence-corrected chi connectivity index (χ4v) is 4.37. The second-order valence-corrected chi connectivity index (χ2v) is 8.87. The Balaban J connectivity index is 1.41. The van der Waals surface area contributed by atoms with Crippen molar-refractivity contribution in [2.75, 3.05) is 36.5 Å². The lowest BCUT2D eigenvalue weighted by Gasteiger charge is -2.19. The van der Waals surface area contributed by atoms with Gasteiger partial charge in [0.15, 0.2) is 0 Å². The number of carbonyl (C=O) groups excluding carboxylic acids is 2. The molecule has 0 aromatic heterocycles. The van der Waals surface area contributed by atoms with E-state index in [4.69, 9.17) is 5.73 Å². The van der Waals surface area contributed by atoms with Crippen LogP contribution in [0.2, 0.25) is 0 Å². The number of anilines is 3. The third-order valence-electron chi connectivity index (χ3n) is 6.14. The SMILES string of the molecule is Cc1cccc(NC(=O)[C@H]2CN(C)C[C@@H]2c2ccc(/C=C/C(=O)Nc3ccccc3N)cc2)c1. The van der Waals surface area contributed by atoms with Crippen LogP contribution in [-0.4, -0.2) is 36.9 Å². The summed E-state index contributed by atoms with van der Waals surface area (Å²) in [6.45, 7) is 3.55. The molecule has 34 heavy (non-hydrogen) atoms. The molecule has 2 amide bonds. The molecule has 3 aromatic rings. The summed E-state index contributed by atoms with van der Waals surface area (Å²) in [5, 5.41) is 5.87. The number of nitrogens with one attached hydrogen (secondary N) is 2. The van der Waals surface area contributed by atoms with Gasteiger partial charge in [0, 0.05) is 30.8 Å². The summed E-state index contributed by atoms with van der Waals surface area (Å²) in [7, 11) is 2.04. The molecule has 1 fully saturated rings. The smallest absolute Gasteiger partial charge is 0.248 e. The lowest BCUT2D eigenvalue weighted by Crippen LogP contribution is -2.28. The first kappa shape index (κ1) is 23.3. The summed E-state index contributed by atoms with van der Waals surface area (Å²) in [5.74, 6) is -0.223. The molecule has 1 aliphatic rings. The number of likely N-dealkylation sites (tertiary alicyclic amines) is 1. The predicted molar refractivity (Wildman–Crippen MR) is 138 cm³/mol. The Bertz CT molecular complexity index is 1200. The number of aryl methyl sites for hydroxylation is 1. The van der Waals surface area contributed by atoms with E-state index < -0.39 is 0 Å². The summed E-state index contributed by atoms with van der Waals surface area (Å²) in [6, 6.07) is 23.1. The number of nitrogen functional groups attached to an aromatic ring is 1. The molecule has 0 aliphatic carbocycles. The third kappa shape index (κ3) is 5.71. The van der Waals surface area contributed by atoms with Gasteiger partial charge >= 0.3 is 0 Å². The molecule has 6 heteroatoms. The Kier molecular flexibility index (Phi) is 7.09. The van der Waals surface area contributed by atoms with Gasteiger partial charge in [-0.1, -0.05) is 48.5 Å². The molecule has 0 spiro atoms. The van der Waals surface area contributed by atoms with Crippen LogP contribution >= 0.6 is 0 Å². The summed E-state index contributed by atoms with van der Waals surface area (Å²) in [4.78, 5) is 27.5. The summed E-state index contributed by atoms with van der Waals surface area (Å²) >= 11 is 0. The highest BCUT2D eigenvalue weighted by atomic mass is 16.2. The van der Waals surface area contributed by atoms with Crippen LogP contribution in [0.3, 0.4) is 0 Å². The van der Waals surface area contributed by atoms with E-state index in [1.165, 1.54) is 6.08 Å². The Hall–Kier alpha value is -3.90. The fourth-order valence-electron chi connectivity index (χ4n) is 4.37. The van der Waals surface area contributed by atoms with E-state index in [9.17, 15) is 9.59 Å². The zero-order valence-electron chi connectivity index (χ0n) is 19.5. The first-order valence-corrected chi connectivity index (χ1v) is 11.4. The zero-order valence-corrected chi connectivity index (χ0v) is 19.5. The number of benzene rings is 3. The van der Waals surface area contributed by atoms with Crippen molar-refractivity contribution in [1.29, 1.82) is 0 Å². The third-order valence-corrected chi connectivity index (χ3v) is 6.14. The van der Waals surface area contributed by atoms with E-state index in [0.717, 1.165) is 28.9 Å². The second-order valence-electron chi connectivity index (χ2n) is 8.87. The normalized spacial score (nSPS) is 18.2. The van der Waals surface area contributed by atoms with Gasteiger partial charge < -0.3 is 21.3 Å². The molecule has 174 valence electrons. The van der Waals surface area contributed by atoms with Gasteiger partial charge in [0.1, 0.15) is 0 Å². The van der Waals surface area contributed by atoms with Crippen molar-refractivity contribution in [3.05, 3.63) is 95.6 Å². The standard InChI is InChI=1S/C28H30N4O2/c1-19-6-5-7-22(16-19)30-28(34)24-18-32(2)17-23(24)21-13-10-20(11-14-21)12-15-27(33)31-26-9-4-3-8-25(26)29/h3-16,23-24H,17-18,29H2,1-2H3,(H,30,34)(H,31,33)/b15-12+/t23-,24+/m1/s1. The van der Waals surface area contributed by atoms with Gasteiger partial charge in [-0.15, -0.1) is 0 Å². The maximum atomic E-state index is 13.1. The van der Waals surface area contributed by atoms with Gasteiger partial charge in [0.2, 0.25) is 11.8 Å². The first-order chi connectivity index (χ1) is 16.4. The molecule has 1 heterocycles. The average molecular weight is 455 g/mol. The number of nitrogens with zero attached hydrogens (tertiary/aromatic N) is 1. The molecule has 1 aliphatic heterocycles. The highest BCUT2D eigenvalue weighted by Gasteiger charge is 2.37. The van der Waals surface area contributed by atoms with Crippen molar-refractivity contribution in [3.8, 4) is 0 Å². The van der Waals surface area contributed by atoms with Gasteiger partial charge in [-0.2, -0.15) is 0 Å². The van der Waals surface area contributed by atoms with Crippen LogP contribution < -0.4 is 16.4 Å². The monoisotopic (exact) mass is 454 g/mol. The maximum Gasteiger partial charge on any atom is 0.248 e. The molecular weight excluding hydrogens is 424 g/mol. The van der Waals surface area contributed by atoms with Crippen molar-refractivity contribution in [2.45, 2.75) is 12.8 Å². The Morgan fingerprint density at radius 3 is 2.47 bits per heavy atom. The molecule has 4 N–H and O–H groups in total. The van der Waals surface area contributed by atoms with Crippen LogP contribution in [0, 0.1) is 12.8 Å². The van der Waals surface area contributed by atoms with Crippen LogP contribution in [-0.2, 0) is 9.59 Å². The minimum absolute atomic E-state index is 0.0424. The number of rotatable bonds is 6. The van der Waals surface area contributed by atoms with Crippen molar-refractivity contribution >= 4 is 35.0 Å². The average Bonchev–Trinajstić information content (AvgIpc) is 3.21. The topological polar surface area (TPSA) is 87.5 Å². The number of likely N-dealkylation sites (N-methyl/N-ethyl adjacent to an activating group) is 1. The molecule has 3 aromatic carbocycles. The first-order valence-electron chi connectivity index (χ1n) is 11.4. The number of amides is 2. The van der Waals surface area contributed by atoms with Gasteiger partial charge in [0.25, 0.3) is 0 Å². The van der Waals surface area contributed by atoms with Gasteiger partial charge in [-0.05, 0) is 61.0 Å². The van der Waals surface area contributed by atoms with Gasteiger partial charge in [-0.3, -0.25) is 9.59 Å². The summed E-state index contributed by atoms with van der Waals surface area (Å²) in [6.07, 6.45) is 3.25. The highest BCUT2D eigenvalue weighted by Crippen LogP contribution is 2.33. The quantitative estimate of drug-likeness (QED) is 0.378. The Morgan fingerprint density at radius 1 is 0.971 bits per heavy atom. The van der Waals surface area contributed by atoms with Crippen molar-refractivity contribution in [1.82, 2.24) is 4.90 Å². The lowest BCUT2D eigenvalue weighted by molar-refractivity contribution is -0.119. The predicted octanol–water partition coefficient (Wildman–Crippen LogP) is 4.51. The number of para-hydroxylation sites is 2. The van der Waals surface area contributed by atoms with E-state index in [0.29, 0.717) is 17.9 Å². The van der Waals surface area contributed by atoms with E-state index in [1.54, 1.807) is 18.2 Å². The summed E-state index contributed by atoms with van der Waals surface area (Å²) in [5.41, 5.74) is 11.0. The minimum atomic E-state index is -0.243. The fraction of sp³-hybridized carbons (Fsp3) is 0.214. The number of hydrogen-bond acceptors (Lipinski definition) is 4. The van der Waals surface area contributed by atoms with Crippen LogP contribution in [0.1, 0.15) is 22.6 Å². The molecular formula is C28H30N4O2. The van der Waals surface area contributed by atoms with E-state index in [2.05, 4.69) is 15.5 Å². The van der Waals surface area contributed by atoms with Crippen LogP contribution in [0.4, 0.5) is 17.1 Å². The van der Waals surface area contributed by atoms with Crippen LogP contribution in [0.15, 0.2) is 78.9 Å². The van der Waals surface area contributed by atoms with Gasteiger partial charge in [-0.25, -0.2) is 0 Å². The van der Waals surface area contributed by atoms with Crippen LogP contribution in [0.5, 0.6) is 0 Å². The molecule has 4 rings (SSSR count). The lowest BCUT2D eigenvalue weighted by atomic mass is 9.88. The van der Waals surface area contributed by atoms with E-state index >= 15 is 0 Å². The van der Waals surface area contributed by atoms with Crippen LogP contribution in [0.25, 0.3) is 6.08 Å². The van der Waals surface area contributed by atoms with Crippen molar-refractivity contribution in [2.24, 2.45) is 5.92 Å². The Morgan fingerprint density at radius 2 is 1.74 bits per heavy atom. The maximum absolute atomic E-state index is 13.1. The van der Waals surface area contributed by atoms with Gasteiger partial charge in [0.05, 0.1) is 17.3 Å². The Labute approximate surface area is 200 Å². The molecule has 2 atom stereocenters. The second kappa shape index (κ2) is 10.4. The van der Waals surface area contributed by atoms with E-state index in [1.807, 2.05) is 74.6 Å². The highest BCUT2D eigenvalue weighted by molar-refractivity contribution is 6.03. The van der Waals surface area contributed by atoms with Crippen molar-refractivity contribution in [3.63, 3.8) is 0 Å².